The van der Waals surface area contributed by atoms with Crippen LogP contribution in [0.1, 0.15) is 5.56 Å². The molecule has 0 unspecified atom stereocenters. The summed E-state index contributed by atoms with van der Waals surface area (Å²) in [6, 6.07) is 12.4. The summed E-state index contributed by atoms with van der Waals surface area (Å²) < 4.78 is 5.22. The number of nitrogens with zero attached hydrogens (tertiary/aromatic N) is 1. The summed E-state index contributed by atoms with van der Waals surface area (Å²) in [7, 11) is 3.47. The van der Waals surface area contributed by atoms with Crippen molar-refractivity contribution in [1.29, 1.82) is 0 Å². The molecule has 5 nitrogen and oxygen atoms in total. The maximum absolute atomic E-state index is 10.9. The minimum Gasteiger partial charge on any atom is -0.497 e. The molecule has 0 spiro atoms. The van der Waals surface area contributed by atoms with Gasteiger partial charge in [0.15, 0.2) is 0 Å². The van der Waals surface area contributed by atoms with Gasteiger partial charge in [-0.1, -0.05) is 18.2 Å². The maximum Gasteiger partial charge on any atom is 0.270 e. The molecule has 0 aliphatic carbocycles. The molecule has 0 fully saturated rings. The summed E-state index contributed by atoms with van der Waals surface area (Å²) in [6.45, 7) is 0.662. The highest BCUT2D eigenvalue weighted by Gasteiger charge is 2.10. The van der Waals surface area contributed by atoms with Crippen LogP contribution in [0, 0.1) is 10.1 Å². The smallest absolute Gasteiger partial charge is 0.270 e. The number of ether oxygens (including phenoxy) is 1. The van der Waals surface area contributed by atoms with Gasteiger partial charge in [-0.05, 0) is 35.9 Å². The summed E-state index contributed by atoms with van der Waals surface area (Å²) in [5.41, 5.74) is 2.91. The van der Waals surface area contributed by atoms with Gasteiger partial charge in [-0.25, -0.2) is 0 Å². The Balaban J connectivity index is 2.50. The second kappa shape index (κ2) is 6.16. The Morgan fingerprint density at radius 2 is 2.05 bits per heavy atom. The fourth-order valence-corrected chi connectivity index (χ4v) is 2.10. The zero-order valence-corrected chi connectivity index (χ0v) is 11.4. The van der Waals surface area contributed by atoms with Crippen molar-refractivity contribution >= 4 is 5.69 Å². The molecule has 0 heterocycles. The van der Waals surface area contributed by atoms with Crippen LogP contribution < -0.4 is 10.1 Å². The van der Waals surface area contributed by atoms with E-state index in [1.165, 1.54) is 6.07 Å². The fourth-order valence-electron chi connectivity index (χ4n) is 2.10. The van der Waals surface area contributed by atoms with Gasteiger partial charge in [-0.2, -0.15) is 0 Å². The molecule has 2 aromatic carbocycles. The van der Waals surface area contributed by atoms with Crippen molar-refractivity contribution in [3.8, 4) is 16.9 Å². The summed E-state index contributed by atoms with van der Waals surface area (Å²) >= 11 is 0. The van der Waals surface area contributed by atoms with E-state index in [-0.39, 0.29) is 10.6 Å². The Hall–Kier alpha value is -2.40. The predicted octanol–water partition coefficient (Wildman–Crippen LogP) is 2.99. The lowest BCUT2D eigenvalue weighted by Gasteiger charge is -2.11. The molecular formula is C15H16N2O3. The highest BCUT2D eigenvalue weighted by molar-refractivity contribution is 5.70. The summed E-state index contributed by atoms with van der Waals surface area (Å²) in [5.74, 6) is 0.768. The molecule has 0 aliphatic heterocycles. The third-order valence-electron chi connectivity index (χ3n) is 3.05. The highest BCUT2D eigenvalue weighted by atomic mass is 16.6. The van der Waals surface area contributed by atoms with E-state index in [2.05, 4.69) is 5.32 Å². The van der Waals surface area contributed by atoms with Crippen molar-refractivity contribution in [2.75, 3.05) is 14.2 Å². The van der Waals surface area contributed by atoms with Crippen LogP contribution in [-0.2, 0) is 6.54 Å². The zero-order chi connectivity index (χ0) is 14.5. The first kappa shape index (κ1) is 14.0. The number of nitrogens with one attached hydrogen (secondary N) is 1. The van der Waals surface area contributed by atoms with E-state index in [0.717, 1.165) is 22.4 Å². The molecule has 1 N–H and O–H groups in total. The van der Waals surface area contributed by atoms with Crippen LogP contribution >= 0.6 is 0 Å². The van der Waals surface area contributed by atoms with Crippen molar-refractivity contribution in [2.45, 2.75) is 6.54 Å². The molecule has 20 heavy (non-hydrogen) atoms. The number of rotatable bonds is 5. The summed E-state index contributed by atoms with van der Waals surface area (Å²) in [5, 5.41) is 14.0. The molecule has 0 saturated heterocycles. The minimum atomic E-state index is -0.384. The normalized spacial score (nSPS) is 10.3. The predicted molar refractivity (Wildman–Crippen MR) is 77.8 cm³/mol. The molecule has 0 amide bonds. The molecule has 0 atom stereocenters. The zero-order valence-electron chi connectivity index (χ0n) is 11.4. The van der Waals surface area contributed by atoms with Crippen molar-refractivity contribution in [2.24, 2.45) is 0 Å². The van der Waals surface area contributed by atoms with Crippen molar-refractivity contribution in [1.82, 2.24) is 5.32 Å². The Morgan fingerprint density at radius 3 is 2.70 bits per heavy atom. The molecule has 104 valence electrons. The Labute approximate surface area is 117 Å². The van der Waals surface area contributed by atoms with Crippen LogP contribution in [0.4, 0.5) is 5.69 Å². The maximum atomic E-state index is 10.9. The SMILES string of the molecule is CNCc1cc(OC)ccc1-c1cccc([N+](=O)[O-])c1. The van der Waals surface area contributed by atoms with Gasteiger partial charge in [0, 0.05) is 18.7 Å². The molecule has 5 heteroatoms. The third-order valence-corrected chi connectivity index (χ3v) is 3.05. The lowest BCUT2D eigenvalue weighted by molar-refractivity contribution is -0.384. The van der Waals surface area contributed by atoms with Gasteiger partial charge < -0.3 is 10.1 Å². The molecule has 0 aromatic heterocycles. The average Bonchev–Trinajstić information content (AvgIpc) is 2.47. The van der Waals surface area contributed by atoms with Crippen LogP contribution in [0.3, 0.4) is 0 Å². The first-order valence-electron chi connectivity index (χ1n) is 6.22. The van der Waals surface area contributed by atoms with Gasteiger partial charge in [0.1, 0.15) is 5.75 Å². The minimum absolute atomic E-state index is 0.0914. The van der Waals surface area contributed by atoms with Gasteiger partial charge in [0.2, 0.25) is 0 Å². The summed E-state index contributed by atoms with van der Waals surface area (Å²) in [4.78, 5) is 10.5. The van der Waals surface area contributed by atoms with Gasteiger partial charge in [0.25, 0.3) is 5.69 Å². The van der Waals surface area contributed by atoms with E-state index in [9.17, 15) is 10.1 Å². The van der Waals surface area contributed by atoms with E-state index >= 15 is 0 Å². The second-order valence-corrected chi connectivity index (χ2v) is 4.36. The molecule has 2 rings (SSSR count). The van der Waals surface area contributed by atoms with Crippen LogP contribution in [-0.4, -0.2) is 19.1 Å². The van der Waals surface area contributed by atoms with Crippen molar-refractivity contribution in [3.63, 3.8) is 0 Å². The van der Waals surface area contributed by atoms with Gasteiger partial charge in [-0.3, -0.25) is 10.1 Å². The molecule has 0 aliphatic rings. The van der Waals surface area contributed by atoms with Crippen LogP contribution in [0.25, 0.3) is 11.1 Å². The number of nitro groups is 1. The largest absolute Gasteiger partial charge is 0.497 e. The van der Waals surface area contributed by atoms with Gasteiger partial charge >= 0.3 is 0 Å². The standard InChI is InChI=1S/C15H16N2O3/c1-16-10-12-9-14(20-2)6-7-15(12)11-4-3-5-13(8-11)17(18)19/h3-9,16H,10H2,1-2H3. The number of non-ortho nitro benzene ring substituents is 1. The Bertz CT molecular complexity index is 626. The monoisotopic (exact) mass is 272 g/mol. The van der Waals surface area contributed by atoms with Gasteiger partial charge in [-0.15, -0.1) is 0 Å². The number of hydrogen-bond acceptors (Lipinski definition) is 4. The van der Waals surface area contributed by atoms with E-state index in [4.69, 9.17) is 4.74 Å². The van der Waals surface area contributed by atoms with Crippen molar-refractivity contribution < 1.29 is 9.66 Å². The number of methoxy groups -OCH3 is 1. The lowest BCUT2D eigenvalue weighted by Crippen LogP contribution is -2.06. The van der Waals surface area contributed by atoms with Crippen LogP contribution in [0.5, 0.6) is 5.75 Å². The second-order valence-electron chi connectivity index (χ2n) is 4.36. The highest BCUT2D eigenvalue weighted by Crippen LogP contribution is 2.29. The Morgan fingerprint density at radius 1 is 1.25 bits per heavy atom. The van der Waals surface area contributed by atoms with E-state index in [1.807, 2.05) is 31.3 Å². The lowest BCUT2D eigenvalue weighted by atomic mass is 9.99. The first-order valence-corrected chi connectivity index (χ1v) is 6.22. The summed E-state index contributed by atoms with van der Waals surface area (Å²) in [6.07, 6.45) is 0. The number of benzene rings is 2. The first-order chi connectivity index (χ1) is 9.65. The third kappa shape index (κ3) is 2.95. The van der Waals surface area contributed by atoms with Crippen LogP contribution in [0.2, 0.25) is 0 Å². The Kier molecular flexibility index (Phi) is 4.32. The molecule has 2 aromatic rings. The van der Waals surface area contributed by atoms with E-state index in [0.29, 0.717) is 6.54 Å². The van der Waals surface area contributed by atoms with E-state index in [1.54, 1.807) is 19.2 Å². The number of hydrogen-bond donors (Lipinski definition) is 1. The average molecular weight is 272 g/mol. The fraction of sp³-hybridized carbons (Fsp3) is 0.200. The van der Waals surface area contributed by atoms with Crippen molar-refractivity contribution in [3.05, 3.63) is 58.1 Å². The molecule has 0 radical (unpaired) electrons. The van der Waals surface area contributed by atoms with Gasteiger partial charge in [0.05, 0.1) is 12.0 Å². The quantitative estimate of drug-likeness (QED) is 0.671. The van der Waals surface area contributed by atoms with Crippen LogP contribution in [0.15, 0.2) is 42.5 Å². The van der Waals surface area contributed by atoms with E-state index < -0.39 is 0 Å². The topological polar surface area (TPSA) is 64.4 Å². The molecule has 0 saturated carbocycles. The molecular weight excluding hydrogens is 256 g/mol. The molecule has 0 bridgehead atoms. The number of nitro benzene ring substituents is 1.